The highest BCUT2D eigenvalue weighted by Gasteiger charge is 2.21. The summed E-state index contributed by atoms with van der Waals surface area (Å²) in [5.74, 6) is 0.355. The van der Waals surface area contributed by atoms with Crippen LogP contribution in [-0.4, -0.2) is 28.3 Å². The van der Waals surface area contributed by atoms with Crippen LogP contribution in [0.1, 0.15) is 42.4 Å². The minimum absolute atomic E-state index is 0.0144. The number of aromatic nitrogens is 1. The van der Waals surface area contributed by atoms with E-state index in [4.69, 9.17) is 5.73 Å². The third kappa shape index (κ3) is 2.31. The van der Waals surface area contributed by atoms with Crippen LogP contribution in [0.4, 0.5) is 5.82 Å². The minimum Gasteiger partial charge on any atom is -0.383 e. The van der Waals surface area contributed by atoms with Crippen molar-refractivity contribution in [3.8, 4) is 0 Å². The summed E-state index contributed by atoms with van der Waals surface area (Å²) in [5, 5.41) is 0. The molecule has 0 amide bonds. The summed E-state index contributed by atoms with van der Waals surface area (Å²) in [6, 6.07) is 2.43. The van der Waals surface area contributed by atoms with E-state index >= 15 is 0 Å². The van der Waals surface area contributed by atoms with E-state index in [0.717, 1.165) is 30.8 Å². The van der Waals surface area contributed by atoms with Crippen LogP contribution >= 0.6 is 0 Å². The molecule has 4 nitrogen and oxygen atoms in total. The maximum atomic E-state index is 11.4. The molecule has 0 unspecified atom stereocenters. The van der Waals surface area contributed by atoms with E-state index in [9.17, 15) is 4.79 Å². The van der Waals surface area contributed by atoms with E-state index in [1.165, 1.54) is 6.92 Å². The molecule has 2 N–H and O–H groups in total. The van der Waals surface area contributed by atoms with Crippen LogP contribution in [0.25, 0.3) is 0 Å². The zero-order chi connectivity index (χ0) is 12.6. The molecule has 2 heterocycles. The van der Waals surface area contributed by atoms with E-state index in [-0.39, 0.29) is 5.78 Å². The van der Waals surface area contributed by atoms with Crippen LogP contribution in [0.15, 0.2) is 6.07 Å². The summed E-state index contributed by atoms with van der Waals surface area (Å²) in [5.41, 5.74) is 8.53. The van der Waals surface area contributed by atoms with Gasteiger partial charge in [0.15, 0.2) is 5.78 Å². The highest BCUT2D eigenvalue weighted by molar-refractivity contribution is 5.98. The summed E-state index contributed by atoms with van der Waals surface area (Å²) in [6.45, 7) is 7.77. The molecular weight excluding hydrogens is 214 g/mol. The molecule has 0 aromatic carbocycles. The zero-order valence-electron chi connectivity index (χ0n) is 10.7. The first-order chi connectivity index (χ1) is 7.99. The first-order valence-electron chi connectivity index (χ1n) is 6.02. The number of anilines is 1. The van der Waals surface area contributed by atoms with E-state index in [1.54, 1.807) is 0 Å². The number of carbonyl (C=O) groups is 1. The molecule has 2 rings (SSSR count). The Hall–Kier alpha value is -1.42. The van der Waals surface area contributed by atoms with Gasteiger partial charge in [0, 0.05) is 31.2 Å². The number of hydrogen-bond acceptors (Lipinski definition) is 4. The molecule has 1 aliphatic rings. The third-order valence-electron chi connectivity index (χ3n) is 3.34. The lowest BCUT2D eigenvalue weighted by atomic mass is 10.0. The molecule has 1 aromatic rings. The van der Waals surface area contributed by atoms with E-state index < -0.39 is 0 Å². The number of ketones is 1. The maximum absolute atomic E-state index is 11.4. The third-order valence-corrected chi connectivity index (χ3v) is 3.34. The van der Waals surface area contributed by atoms with Gasteiger partial charge in [0.05, 0.1) is 5.56 Å². The van der Waals surface area contributed by atoms with Gasteiger partial charge in [-0.3, -0.25) is 9.69 Å². The van der Waals surface area contributed by atoms with Crippen molar-refractivity contribution in [2.24, 2.45) is 0 Å². The van der Waals surface area contributed by atoms with Gasteiger partial charge in [0.2, 0.25) is 0 Å². The molecular formula is C13H19N3O. The quantitative estimate of drug-likeness (QED) is 0.789. The molecule has 0 atom stereocenters. The Morgan fingerprint density at radius 3 is 2.82 bits per heavy atom. The van der Waals surface area contributed by atoms with Gasteiger partial charge in [-0.1, -0.05) is 0 Å². The number of hydrogen-bond donors (Lipinski definition) is 1. The Morgan fingerprint density at radius 2 is 2.24 bits per heavy atom. The molecule has 0 saturated heterocycles. The number of nitrogen functional groups attached to an aromatic ring is 1. The van der Waals surface area contributed by atoms with Gasteiger partial charge in [-0.15, -0.1) is 0 Å². The summed E-state index contributed by atoms with van der Waals surface area (Å²) < 4.78 is 0. The number of nitrogens with zero attached hydrogens (tertiary/aromatic N) is 2. The lowest BCUT2D eigenvalue weighted by molar-refractivity contribution is 0.101. The fraction of sp³-hybridized carbons (Fsp3) is 0.538. The number of carbonyl (C=O) groups excluding carboxylic acids is 1. The zero-order valence-corrected chi connectivity index (χ0v) is 10.7. The summed E-state index contributed by atoms with van der Waals surface area (Å²) in [4.78, 5) is 18.2. The number of pyridine rings is 1. The topological polar surface area (TPSA) is 59.2 Å². The predicted octanol–water partition coefficient (Wildman–Crippen LogP) is 1.63. The highest BCUT2D eigenvalue weighted by Crippen LogP contribution is 2.23. The standard InChI is InChI=1S/C13H19N3O/c1-8(2)16-5-4-12-10(7-16)6-11(9(3)17)13(14)15-12/h6,8H,4-5,7H2,1-3H3,(H2,14,15). The molecule has 1 aliphatic heterocycles. The average Bonchev–Trinajstić information content (AvgIpc) is 2.27. The van der Waals surface area contributed by atoms with Gasteiger partial charge in [-0.25, -0.2) is 4.98 Å². The Morgan fingerprint density at radius 1 is 1.53 bits per heavy atom. The maximum Gasteiger partial charge on any atom is 0.163 e. The van der Waals surface area contributed by atoms with Gasteiger partial charge >= 0.3 is 0 Å². The first-order valence-corrected chi connectivity index (χ1v) is 6.02. The molecule has 0 spiro atoms. The van der Waals surface area contributed by atoms with Crippen LogP contribution < -0.4 is 5.73 Å². The van der Waals surface area contributed by atoms with Crippen LogP contribution in [0.3, 0.4) is 0 Å². The van der Waals surface area contributed by atoms with Crippen molar-refractivity contribution < 1.29 is 4.79 Å². The van der Waals surface area contributed by atoms with Crippen molar-refractivity contribution in [2.75, 3.05) is 12.3 Å². The predicted molar refractivity (Wildman–Crippen MR) is 67.9 cm³/mol. The van der Waals surface area contributed by atoms with Crippen molar-refractivity contribution in [3.05, 3.63) is 22.9 Å². The number of rotatable bonds is 2. The normalized spacial score (nSPS) is 16.0. The van der Waals surface area contributed by atoms with Crippen molar-refractivity contribution >= 4 is 11.6 Å². The lowest BCUT2D eigenvalue weighted by Crippen LogP contribution is -2.36. The summed E-state index contributed by atoms with van der Waals surface area (Å²) >= 11 is 0. The Kier molecular flexibility index (Phi) is 3.15. The monoisotopic (exact) mass is 233 g/mol. The fourth-order valence-corrected chi connectivity index (χ4v) is 2.23. The second-order valence-electron chi connectivity index (χ2n) is 4.90. The molecule has 0 aliphatic carbocycles. The number of fused-ring (bicyclic) bond motifs is 1. The van der Waals surface area contributed by atoms with Crippen LogP contribution in [0.5, 0.6) is 0 Å². The van der Waals surface area contributed by atoms with Crippen molar-refractivity contribution in [3.63, 3.8) is 0 Å². The summed E-state index contributed by atoms with van der Waals surface area (Å²) in [7, 11) is 0. The lowest BCUT2D eigenvalue weighted by Gasteiger charge is -2.31. The smallest absolute Gasteiger partial charge is 0.163 e. The molecule has 92 valence electrons. The number of Topliss-reactive ketones (excluding diaryl/α,β-unsaturated/α-hetero) is 1. The van der Waals surface area contributed by atoms with Crippen molar-refractivity contribution in [2.45, 2.75) is 39.8 Å². The Bertz CT molecular complexity index is 454. The Labute approximate surface area is 102 Å². The Balaban J connectivity index is 2.37. The fourth-order valence-electron chi connectivity index (χ4n) is 2.23. The van der Waals surface area contributed by atoms with Gasteiger partial charge < -0.3 is 5.73 Å². The van der Waals surface area contributed by atoms with Crippen LogP contribution in [-0.2, 0) is 13.0 Å². The average molecular weight is 233 g/mol. The molecule has 1 aromatic heterocycles. The first kappa shape index (κ1) is 12.0. The minimum atomic E-state index is -0.0144. The molecule has 0 saturated carbocycles. The van der Waals surface area contributed by atoms with Crippen LogP contribution in [0.2, 0.25) is 0 Å². The molecule has 0 bridgehead atoms. The molecule has 0 radical (unpaired) electrons. The highest BCUT2D eigenvalue weighted by atomic mass is 16.1. The van der Waals surface area contributed by atoms with Crippen molar-refractivity contribution in [1.82, 2.24) is 9.88 Å². The largest absolute Gasteiger partial charge is 0.383 e. The van der Waals surface area contributed by atoms with Crippen molar-refractivity contribution in [1.29, 1.82) is 0 Å². The van der Waals surface area contributed by atoms with E-state index in [2.05, 4.69) is 23.7 Å². The van der Waals surface area contributed by atoms with Gasteiger partial charge in [-0.05, 0) is 32.4 Å². The number of nitrogens with two attached hydrogens (primary N) is 1. The van der Waals surface area contributed by atoms with E-state index in [0.29, 0.717) is 17.4 Å². The van der Waals surface area contributed by atoms with Gasteiger partial charge in [-0.2, -0.15) is 0 Å². The van der Waals surface area contributed by atoms with E-state index in [1.807, 2.05) is 6.07 Å². The SMILES string of the molecule is CC(=O)c1cc2c(nc1N)CCN(C(C)C)C2. The second kappa shape index (κ2) is 4.45. The summed E-state index contributed by atoms with van der Waals surface area (Å²) in [6.07, 6.45) is 0.913. The second-order valence-corrected chi connectivity index (χ2v) is 4.90. The van der Waals surface area contributed by atoms with Gasteiger partial charge in [0.1, 0.15) is 5.82 Å². The van der Waals surface area contributed by atoms with Gasteiger partial charge in [0.25, 0.3) is 0 Å². The molecule has 17 heavy (non-hydrogen) atoms. The molecule has 0 fully saturated rings. The van der Waals surface area contributed by atoms with Crippen LogP contribution in [0, 0.1) is 0 Å². The molecule has 4 heteroatoms.